The first-order valence-corrected chi connectivity index (χ1v) is 6.90. The standard InChI is InChI=1S/C13H17NO2S/c1-2-14(10-6-7-10)13(16)9-17-12-5-3-4-11(15)8-12/h3-5,8,10,15H,2,6-7,9H2,1H3. The molecule has 0 radical (unpaired) electrons. The predicted molar refractivity (Wildman–Crippen MR) is 69.2 cm³/mol. The number of amides is 1. The first kappa shape index (κ1) is 12.3. The number of carbonyl (C=O) groups is 1. The van der Waals surface area contributed by atoms with Crippen LogP contribution in [0.4, 0.5) is 0 Å². The van der Waals surface area contributed by atoms with E-state index in [2.05, 4.69) is 0 Å². The highest BCUT2D eigenvalue weighted by atomic mass is 32.2. The fourth-order valence-corrected chi connectivity index (χ4v) is 2.66. The van der Waals surface area contributed by atoms with Crippen LogP contribution in [0.3, 0.4) is 0 Å². The summed E-state index contributed by atoms with van der Waals surface area (Å²) < 4.78 is 0. The van der Waals surface area contributed by atoms with Crippen molar-refractivity contribution >= 4 is 17.7 Å². The Balaban J connectivity index is 1.86. The number of nitrogens with zero attached hydrogens (tertiary/aromatic N) is 1. The first-order valence-electron chi connectivity index (χ1n) is 5.92. The second kappa shape index (κ2) is 5.45. The van der Waals surface area contributed by atoms with Gasteiger partial charge in [-0.05, 0) is 38.0 Å². The Hall–Kier alpha value is -1.16. The summed E-state index contributed by atoms with van der Waals surface area (Å²) in [6.45, 7) is 2.82. The van der Waals surface area contributed by atoms with E-state index in [4.69, 9.17) is 0 Å². The van der Waals surface area contributed by atoms with Crippen molar-refractivity contribution < 1.29 is 9.90 Å². The Morgan fingerprint density at radius 2 is 2.29 bits per heavy atom. The highest BCUT2D eigenvalue weighted by molar-refractivity contribution is 8.00. The summed E-state index contributed by atoms with van der Waals surface area (Å²) in [4.78, 5) is 14.8. The van der Waals surface area contributed by atoms with Gasteiger partial charge in [-0.2, -0.15) is 0 Å². The lowest BCUT2D eigenvalue weighted by Crippen LogP contribution is -2.34. The zero-order valence-electron chi connectivity index (χ0n) is 9.93. The first-order chi connectivity index (χ1) is 8.20. The van der Waals surface area contributed by atoms with Crippen LogP contribution in [0.2, 0.25) is 0 Å². The number of rotatable bonds is 5. The molecule has 2 rings (SSSR count). The van der Waals surface area contributed by atoms with E-state index in [1.165, 1.54) is 11.8 Å². The van der Waals surface area contributed by atoms with Crippen molar-refractivity contribution in [1.29, 1.82) is 0 Å². The molecule has 92 valence electrons. The highest BCUT2D eigenvalue weighted by Gasteiger charge is 2.30. The van der Waals surface area contributed by atoms with Crippen molar-refractivity contribution in [3.05, 3.63) is 24.3 Å². The second-order valence-electron chi connectivity index (χ2n) is 4.20. The quantitative estimate of drug-likeness (QED) is 0.817. The summed E-state index contributed by atoms with van der Waals surface area (Å²) in [5.41, 5.74) is 0. The van der Waals surface area contributed by atoms with E-state index in [9.17, 15) is 9.90 Å². The minimum absolute atomic E-state index is 0.198. The molecule has 17 heavy (non-hydrogen) atoms. The van der Waals surface area contributed by atoms with E-state index < -0.39 is 0 Å². The van der Waals surface area contributed by atoms with E-state index >= 15 is 0 Å². The van der Waals surface area contributed by atoms with E-state index in [0.717, 1.165) is 24.3 Å². The monoisotopic (exact) mass is 251 g/mol. The SMILES string of the molecule is CCN(C(=O)CSc1cccc(O)c1)C1CC1. The number of thioether (sulfide) groups is 1. The van der Waals surface area contributed by atoms with Gasteiger partial charge in [-0.3, -0.25) is 4.79 Å². The molecule has 4 heteroatoms. The number of aromatic hydroxyl groups is 1. The average molecular weight is 251 g/mol. The number of hydrogen-bond donors (Lipinski definition) is 1. The zero-order chi connectivity index (χ0) is 12.3. The Bertz CT molecular complexity index is 404. The lowest BCUT2D eigenvalue weighted by Gasteiger charge is -2.19. The molecule has 0 aromatic heterocycles. The van der Waals surface area contributed by atoms with Crippen molar-refractivity contribution in [2.24, 2.45) is 0 Å². The third kappa shape index (κ3) is 3.40. The van der Waals surface area contributed by atoms with Crippen molar-refractivity contribution in [1.82, 2.24) is 4.90 Å². The van der Waals surface area contributed by atoms with Crippen molar-refractivity contribution in [2.75, 3.05) is 12.3 Å². The van der Waals surface area contributed by atoms with E-state index in [-0.39, 0.29) is 11.7 Å². The third-order valence-electron chi connectivity index (χ3n) is 2.83. The van der Waals surface area contributed by atoms with Crippen LogP contribution < -0.4 is 0 Å². The normalized spacial score (nSPS) is 14.6. The Kier molecular flexibility index (Phi) is 3.94. The average Bonchev–Trinajstić information content (AvgIpc) is 3.12. The van der Waals surface area contributed by atoms with E-state index in [1.807, 2.05) is 17.9 Å². The van der Waals surface area contributed by atoms with E-state index in [0.29, 0.717) is 11.8 Å². The van der Waals surface area contributed by atoms with Gasteiger partial charge in [0.05, 0.1) is 5.75 Å². The molecule has 1 fully saturated rings. The minimum atomic E-state index is 0.198. The molecule has 1 aromatic carbocycles. The molecular formula is C13H17NO2S. The van der Waals surface area contributed by atoms with Gasteiger partial charge in [0, 0.05) is 17.5 Å². The third-order valence-corrected chi connectivity index (χ3v) is 3.81. The lowest BCUT2D eigenvalue weighted by molar-refractivity contribution is -0.128. The number of carbonyl (C=O) groups excluding carboxylic acids is 1. The number of hydrogen-bond acceptors (Lipinski definition) is 3. The predicted octanol–water partition coefficient (Wildman–Crippen LogP) is 2.50. The summed E-state index contributed by atoms with van der Waals surface area (Å²) in [6, 6.07) is 7.50. The maximum Gasteiger partial charge on any atom is 0.233 e. The topological polar surface area (TPSA) is 40.5 Å². The number of phenolic OH excluding ortho intramolecular Hbond substituents is 1. The summed E-state index contributed by atoms with van der Waals surface area (Å²) >= 11 is 1.48. The van der Waals surface area contributed by atoms with Crippen LogP contribution in [-0.4, -0.2) is 34.3 Å². The van der Waals surface area contributed by atoms with Gasteiger partial charge in [-0.25, -0.2) is 0 Å². The maximum atomic E-state index is 12.0. The summed E-state index contributed by atoms with van der Waals surface area (Å²) in [5, 5.41) is 9.32. The minimum Gasteiger partial charge on any atom is -0.508 e. The lowest BCUT2D eigenvalue weighted by atomic mass is 10.3. The van der Waals surface area contributed by atoms with Gasteiger partial charge < -0.3 is 10.0 Å². The number of benzene rings is 1. The molecule has 3 nitrogen and oxygen atoms in total. The molecule has 0 bridgehead atoms. The molecule has 0 aliphatic heterocycles. The van der Waals surface area contributed by atoms with Gasteiger partial charge in [0.2, 0.25) is 5.91 Å². The maximum absolute atomic E-state index is 12.0. The molecule has 0 heterocycles. The van der Waals surface area contributed by atoms with Crippen LogP contribution in [0.15, 0.2) is 29.2 Å². The molecule has 1 aliphatic rings. The van der Waals surface area contributed by atoms with Gasteiger partial charge in [0.15, 0.2) is 0 Å². The van der Waals surface area contributed by atoms with Gasteiger partial charge in [0.1, 0.15) is 5.75 Å². The molecule has 1 aliphatic carbocycles. The molecule has 1 saturated carbocycles. The molecule has 1 aromatic rings. The van der Waals surface area contributed by atoms with Gasteiger partial charge >= 0.3 is 0 Å². The Morgan fingerprint density at radius 1 is 1.53 bits per heavy atom. The molecule has 1 N–H and O–H groups in total. The van der Waals surface area contributed by atoms with E-state index in [1.54, 1.807) is 18.2 Å². The molecule has 0 atom stereocenters. The van der Waals surface area contributed by atoms with Crippen LogP contribution in [0, 0.1) is 0 Å². The summed E-state index contributed by atoms with van der Waals surface area (Å²) in [6.07, 6.45) is 2.30. The molecule has 0 spiro atoms. The molecule has 0 unspecified atom stereocenters. The van der Waals surface area contributed by atoms with Crippen LogP contribution in [-0.2, 0) is 4.79 Å². The Morgan fingerprint density at radius 3 is 2.88 bits per heavy atom. The largest absolute Gasteiger partial charge is 0.508 e. The van der Waals surface area contributed by atoms with Crippen molar-refractivity contribution in [2.45, 2.75) is 30.7 Å². The smallest absolute Gasteiger partial charge is 0.233 e. The second-order valence-corrected chi connectivity index (χ2v) is 5.25. The Labute approximate surface area is 106 Å². The van der Waals surface area contributed by atoms with Crippen LogP contribution in [0.5, 0.6) is 5.75 Å². The summed E-state index contributed by atoms with van der Waals surface area (Å²) in [7, 11) is 0. The molecule has 1 amide bonds. The fraction of sp³-hybridized carbons (Fsp3) is 0.462. The van der Waals surface area contributed by atoms with Gasteiger partial charge in [-0.15, -0.1) is 11.8 Å². The van der Waals surface area contributed by atoms with Crippen LogP contribution in [0.25, 0.3) is 0 Å². The fourth-order valence-electron chi connectivity index (χ4n) is 1.83. The van der Waals surface area contributed by atoms with Crippen LogP contribution >= 0.6 is 11.8 Å². The highest BCUT2D eigenvalue weighted by Crippen LogP contribution is 2.28. The number of phenols is 1. The van der Waals surface area contributed by atoms with Crippen molar-refractivity contribution in [3.63, 3.8) is 0 Å². The zero-order valence-corrected chi connectivity index (χ0v) is 10.7. The molecule has 0 saturated heterocycles. The molecular weight excluding hydrogens is 234 g/mol. The van der Waals surface area contributed by atoms with Crippen molar-refractivity contribution in [3.8, 4) is 5.75 Å². The summed E-state index contributed by atoms with van der Waals surface area (Å²) in [5.74, 6) is 0.897. The van der Waals surface area contributed by atoms with Crippen LogP contribution in [0.1, 0.15) is 19.8 Å². The van der Waals surface area contributed by atoms with Gasteiger partial charge in [-0.1, -0.05) is 6.07 Å². The van der Waals surface area contributed by atoms with Gasteiger partial charge in [0.25, 0.3) is 0 Å².